The summed E-state index contributed by atoms with van der Waals surface area (Å²) >= 11 is 0. The monoisotopic (exact) mass is 323 g/mol. The summed E-state index contributed by atoms with van der Waals surface area (Å²) in [5, 5.41) is 12.0. The third-order valence-corrected chi connectivity index (χ3v) is 4.63. The van der Waals surface area contributed by atoms with E-state index in [4.69, 9.17) is 5.11 Å². The molecule has 4 nitrogen and oxygen atoms in total. The molecule has 124 valence electrons. The molecule has 0 radical (unpaired) electrons. The number of carboxylic acid groups (broad SMARTS) is 1. The van der Waals surface area contributed by atoms with E-state index in [-0.39, 0.29) is 16.9 Å². The topological polar surface area (TPSA) is 66.4 Å². The maximum absolute atomic E-state index is 12.6. The van der Waals surface area contributed by atoms with E-state index in [1.807, 2.05) is 31.2 Å². The van der Waals surface area contributed by atoms with Crippen LogP contribution in [0.2, 0.25) is 0 Å². The fraction of sp³-hybridized carbons (Fsp3) is 0.300. The minimum absolute atomic E-state index is 0.0717. The van der Waals surface area contributed by atoms with Crippen molar-refractivity contribution in [2.45, 2.75) is 31.6 Å². The molecule has 1 amide bonds. The number of rotatable bonds is 6. The lowest BCUT2D eigenvalue weighted by Gasteiger charge is -2.16. The van der Waals surface area contributed by atoms with Crippen LogP contribution in [0.1, 0.15) is 39.9 Å². The number of aromatic carboxylic acids is 1. The zero-order valence-corrected chi connectivity index (χ0v) is 13.7. The molecule has 0 heterocycles. The average Bonchev–Trinajstić information content (AvgIpc) is 3.37. The first kappa shape index (κ1) is 16.2. The second-order valence-corrected chi connectivity index (χ2v) is 6.46. The number of amides is 1. The van der Waals surface area contributed by atoms with Crippen LogP contribution in [-0.4, -0.2) is 23.5 Å². The van der Waals surface area contributed by atoms with E-state index < -0.39 is 5.97 Å². The van der Waals surface area contributed by atoms with E-state index in [1.54, 1.807) is 18.2 Å². The van der Waals surface area contributed by atoms with Crippen molar-refractivity contribution in [2.75, 3.05) is 6.54 Å². The van der Waals surface area contributed by atoms with Crippen LogP contribution < -0.4 is 5.32 Å². The third kappa shape index (κ3) is 3.32. The molecular formula is C20H21NO3. The molecular weight excluding hydrogens is 302 g/mol. The minimum atomic E-state index is -0.933. The van der Waals surface area contributed by atoms with Gasteiger partial charge in [0.25, 0.3) is 0 Å². The van der Waals surface area contributed by atoms with Gasteiger partial charge in [-0.1, -0.05) is 42.0 Å². The number of hydrogen-bond acceptors (Lipinski definition) is 2. The zero-order chi connectivity index (χ0) is 17.2. The molecule has 1 saturated carbocycles. The third-order valence-electron chi connectivity index (χ3n) is 4.63. The SMILES string of the molecule is Cc1cccc(C2(C(=O)NCCc3cccc(C(=O)O)c3)CC2)c1. The molecule has 24 heavy (non-hydrogen) atoms. The highest BCUT2D eigenvalue weighted by molar-refractivity contribution is 5.91. The van der Waals surface area contributed by atoms with Gasteiger partial charge in [0.1, 0.15) is 0 Å². The fourth-order valence-corrected chi connectivity index (χ4v) is 3.06. The van der Waals surface area contributed by atoms with Crippen LogP contribution in [0.25, 0.3) is 0 Å². The maximum Gasteiger partial charge on any atom is 0.335 e. The molecule has 1 fully saturated rings. The van der Waals surface area contributed by atoms with Gasteiger partial charge in [-0.25, -0.2) is 4.79 Å². The van der Waals surface area contributed by atoms with Crippen molar-refractivity contribution in [1.82, 2.24) is 5.32 Å². The Hall–Kier alpha value is -2.62. The van der Waals surface area contributed by atoms with Gasteiger partial charge in [-0.05, 0) is 49.4 Å². The summed E-state index contributed by atoms with van der Waals surface area (Å²) in [6, 6.07) is 15.0. The average molecular weight is 323 g/mol. The Morgan fingerprint density at radius 2 is 1.88 bits per heavy atom. The molecule has 0 spiro atoms. The largest absolute Gasteiger partial charge is 0.478 e. The summed E-state index contributed by atoms with van der Waals surface area (Å²) in [5.41, 5.74) is 3.08. The Balaban J connectivity index is 1.60. The standard InChI is InChI=1S/C20H21NO3/c1-14-4-2-7-17(12-14)20(9-10-20)19(24)21-11-8-15-5-3-6-16(13-15)18(22)23/h2-7,12-13H,8-11H2,1H3,(H,21,24)(H,22,23). The van der Waals surface area contributed by atoms with Crippen LogP contribution in [-0.2, 0) is 16.6 Å². The van der Waals surface area contributed by atoms with Crippen LogP contribution >= 0.6 is 0 Å². The number of carboxylic acids is 1. The molecule has 4 heteroatoms. The van der Waals surface area contributed by atoms with Gasteiger partial charge in [0, 0.05) is 6.54 Å². The van der Waals surface area contributed by atoms with Crippen LogP contribution in [0.4, 0.5) is 0 Å². The number of benzene rings is 2. The van der Waals surface area contributed by atoms with E-state index in [0.29, 0.717) is 13.0 Å². The fourth-order valence-electron chi connectivity index (χ4n) is 3.06. The molecule has 3 rings (SSSR count). The van der Waals surface area contributed by atoms with E-state index >= 15 is 0 Å². The molecule has 0 aliphatic heterocycles. The normalized spacial score (nSPS) is 14.9. The quantitative estimate of drug-likeness (QED) is 0.858. The number of hydrogen-bond donors (Lipinski definition) is 2. The number of carbonyl (C=O) groups is 2. The molecule has 0 saturated heterocycles. The van der Waals surface area contributed by atoms with Crippen LogP contribution in [0, 0.1) is 6.92 Å². The molecule has 1 aliphatic rings. The van der Waals surface area contributed by atoms with Crippen molar-refractivity contribution in [3.05, 3.63) is 70.8 Å². The van der Waals surface area contributed by atoms with Gasteiger partial charge < -0.3 is 10.4 Å². The van der Waals surface area contributed by atoms with Crippen molar-refractivity contribution in [3.8, 4) is 0 Å². The molecule has 0 unspecified atom stereocenters. The van der Waals surface area contributed by atoms with Gasteiger partial charge in [0.2, 0.25) is 5.91 Å². The molecule has 2 aromatic rings. The predicted molar refractivity (Wildman–Crippen MR) is 92.2 cm³/mol. The van der Waals surface area contributed by atoms with Gasteiger partial charge >= 0.3 is 5.97 Å². The van der Waals surface area contributed by atoms with Crippen molar-refractivity contribution in [2.24, 2.45) is 0 Å². The second kappa shape index (κ2) is 6.48. The molecule has 0 atom stereocenters. The van der Waals surface area contributed by atoms with E-state index in [9.17, 15) is 9.59 Å². The lowest BCUT2D eigenvalue weighted by Crippen LogP contribution is -2.36. The first-order chi connectivity index (χ1) is 11.5. The Morgan fingerprint density at radius 3 is 2.54 bits per heavy atom. The number of nitrogens with one attached hydrogen (secondary N) is 1. The maximum atomic E-state index is 12.6. The smallest absolute Gasteiger partial charge is 0.335 e. The number of aryl methyl sites for hydroxylation is 1. The summed E-state index contributed by atoms with van der Waals surface area (Å²) in [7, 11) is 0. The first-order valence-corrected chi connectivity index (χ1v) is 8.19. The molecule has 2 N–H and O–H groups in total. The van der Waals surface area contributed by atoms with E-state index in [1.165, 1.54) is 0 Å². The summed E-state index contributed by atoms with van der Waals surface area (Å²) in [6.45, 7) is 2.54. The molecule has 2 aromatic carbocycles. The summed E-state index contributed by atoms with van der Waals surface area (Å²) in [6.07, 6.45) is 2.39. The van der Waals surface area contributed by atoms with Crippen LogP contribution in [0.3, 0.4) is 0 Å². The molecule has 1 aliphatic carbocycles. The van der Waals surface area contributed by atoms with E-state index in [2.05, 4.69) is 11.4 Å². The summed E-state index contributed by atoms with van der Waals surface area (Å²) < 4.78 is 0. The van der Waals surface area contributed by atoms with Gasteiger partial charge in [0.15, 0.2) is 0 Å². The minimum Gasteiger partial charge on any atom is -0.478 e. The summed E-state index contributed by atoms with van der Waals surface area (Å²) in [4.78, 5) is 23.6. The van der Waals surface area contributed by atoms with Gasteiger partial charge in [-0.3, -0.25) is 4.79 Å². The highest BCUT2D eigenvalue weighted by Crippen LogP contribution is 2.48. The highest BCUT2D eigenvalue weighted by Gasteiger charge is 2.50. The van der Waals surface area contributed by atoms with Gasteiger partial charge in [-0.15, -0.1) is 0 Å². The van der Waals surface area contributed by atoms with Crippen molar-refractivity contribution in [3.63, 3.8) is 0 Å². The zero-order valence-electron chi connectivity index (χ0n) is 13.7. The Bertz CT molecular complexity index is 778. The van der Waals surface area contributed by atoms with Crippen LogP contribution in [0.15, 0.2) is 48.5 Å². The van der Waals surface area contributed by atoms with Gasteiger partial charge in [-0.2, -0.15) is 0 Å². The Kier molecular flexibility index (Phi) is 4.38. The molecule has 0 aromatic heterocycles. The van der Waals surface area contributed by atoms with Crippen molar-refractivity contribution >= 4 is 11.9 Å². The Labute approximate surface area is 141 Å². The number of carbonyl (C=O) groups excluding carboxylic acids is 1. The lowest BCUT2D eigenvalue weighted by atomic mass is 9.93. The van der Waals surface area contributed by atoms with E-state index in [0.717, 1.165) is 29.5 Å². The van der Waals surface area contributed by atoms with Crippen molar-refractivity contribution in [1.29, 1.82) is 0 Å². The van der Waals surface area contributed by atoms with Crippen molar-refractivity contribution < 1.29 is 14.7 Å². The highest BCUT2D eigenvalue weighted by atomic mass is 16.4. The van der Waals surface area contributed by atoms with Gasteiger partial charge in [0.05, 0.1) is 11.0 Å². The Morgan fingerprint density at radius 1 is 1.12 bits per heavy atom. The van der Waals surface area contributed by atoms with Crippen LogP contribution in [0.5, 0.6) is 0 Å². The summed E-state index contributed by atoms with van der Waals surface area (Å²) in [5.74, 6) is -0.861. The lowest BCUT2D eigenvalue weighted by molar-refractivity contribution is -0.123. The first-order valence-electron chi connectivity index (χ1n) is 8.19. The second-order valence-electron chi connectivity index (χ2n) is 6.46. The molecule has 0 bridgehead atoms. The predicted octanol–water partition coefficient (Wildman–Crippen LogP) is 3.08.